The smallest absolute Gasteiger partial charge is 0.251 e. The van der Waals surface area contributed by atoms with Gasteiger partial charge >= 0.3 is 0 Å². The topological polar surface area (TPSA) is 113 Å². The molecule has 8 nitrogen and oxygen atoms in total. The molecule has 3 aromatic rings. The lowest BCUT2D eigenvalue weighted by atomic mass is 9.92. The van der Waals surface area contributed by atoms with E-state index >= 15 is 0 Å². The quantitative estimate of drug-likeness (QED) is 0.423. The highest BCUT2D eigenvalue weighted by molar-refractivity contribution is 6.30. The number of hydrogen-bond acceptors (Lipinski definition) is 5. The second-order valence-corrected chi connectivity index (χ2v) is 11.2. The molecule has 4 rings (SSSR count). The van der Waals surface area contributed by atoms with Gasteiger partial charge in [0.25, 0.3) is 5.56 Å². The number of primary amides is 1. The van der Waals surface area contributed by atoms with Crippen LogP contribution in [0.3, 0.4) is 0 Å². The van der Waals surface area contributed by atoms with Crippen LogP contribution in [0.2, 0.25) is 5.02 Å². The molecule has 0 bridgehead atoms. The predicted octanol–water partition coefficient (Wildman–Crippen LogP) is 5.11. The Balaban J connectivity index is 1.73. The van der Waals surface area contributed by atoms with Crippen molar-refractivity contribution in [1.29, 1.82) is 0 Å². The third-order valence-electron chi connectivity index (χ3n) is 6.56. The number of amides is 2. The van der Waals surface area contributed by atoms with E-state index in [0.29, 0.717) is 22.7 Å². The van der Waals surface area contributed by atoms with Crippen molar-refractivity contribution >= 4 is 29.1 Å². The number of carbonyl (C=O) groups excluding carboxylic acids is 2. The molecule has 0 fully saturated rings. The molecule has 1 aromatic heterocycles. The molecule has 2 aromatic carbocycles. The minimum Gasteiger partial charge on any atom is -0.376 e. The molecule has 2 amide bonds. The molecule has 0 spiro atoms. The maximum atomic E-state index is 13.6. The average molecular weight is 552 g/mol. The number of aromatic nitrogens is 1. The van der Waals surface area contributed by atoms with Crippen LogP contribution in [0.15, 0.2) is 59.5 Å². The monoisotopic (exact) mass is 551 g/mol. The lowest BCUT2D eigenvalue weighted by molar-refractivity contribution is -0.120. The first kappa shape index (κ1) is 28.5. The normalized spacial score (nSPS) is 15.9. The standard InChI is InChI=1S/C30H34ClN3O5/c1-18-13-20-5-8-22(31)14-24(20)25-15-27(35)34(16-21(25)17-38-18)26(11-12-39-30(2,3)4)29(37)33-23-9-6-19(7-10-23)28(32)36/h5-10,14-16,18,26H,11-13,17H2,1-4H3,(H2,32,36)(H,33,37)/t18-,26+/m1/s1. The number of halogens is 1. The van der Waals surface area contributed by atoms with E-state index in [0.717, 1.165) is 22.3 Å². The molecule has 2 atom stereocenters. The summed E-state index contributed by atoms with van der Waals surface area (Å²) in [6.45, 7) is 8.34. The fraction of sp³-hybridized carbons (Fsp3) is 0.367. The number of pyridine rings is 1. The number of nitrogens with two attached hydrogens (primary N) is 1. The SMILES string of the molecule is C[C@@H]1Cc2ccc(Cl)cc2-c2cc(=O)n([C@@H](CCOC(C)(C)C)C(=O)Nc3ccc(C(N)=O)cc3)cc2CO1. The summed E-state index contributed by atoms with van der Waals surface area (Å²) >= 11 is 6.33. The minimum absolute atomic E-state index is 0.0406. The van der Waals surface area contributed by atoms with Gasteiger partial charge in [-0.25, -0.2) is 0 Å². The second-order valence-electron chi connectivity index (χ2n) is 10.8. The van der Waals surface area contributed by atoms with Gasteiger partial charge in [0.05, 0.1) is 18.3 Å². The molecule has 0 aliphatic carbocycles. The highest BCUT2D eigenvalue weighted by Crippen LogP contribution is 2.33. The first-order chi connectivity index (χ1) is 18.4. The van der Waals surface area contributed by atoms with Crippen LogP contribution in [0.4, 0.5) is 5.69 Å². The molecule has 0 saturated carbocycles. The number of carbonyl (C=O) groups is 2. The van der Waals surface area contributed by atoms with E-state index in [2.05, 4.69) is 5.32 Å². The van der Waals surface area contributed by atoms with E-state index in [1.54, 1.807) is 24.4 Å². The molecule has 39 heavy (non-hydrogen) atoms. The molecule has 0 radical (unpaired) electrons. The lowest BCUT2D eigenvalue weighted by Gasteiger charge is -2.26. The van der Waals surface area contributed by atoms with Crippen molar-refractivity contribution in [2.45, 2.75) is 64.9 Å². The number of fused-ring (bicyclic) bond motifs is 3. The van der Waals surface area contributed by atoms with Crippen LogP contribution in [0.5, 0.6) is 0 Å². The number of anilines is 1. The number of ether oxygens (including phenoxy) is 2. The van der Waals surface area contributed by atoms with E-state index in [-0.39, 0.29) is 37.2 Å². The van der Waals surface area contributed by atoms with Crippen molar-refractivity contribution in [2.75, 3.05) is 11.9 Å². The van der Waals surface area contributed by atoms with Crippen LogP contribution < -0.4 is 16.6 Å². The van der Waals surface area contributed by atoms with Gasteiger partial charge in [0.15, 0.2) is 0 Å². The first-order valence-corrected chi connectivity index (χ1v) is 13.3. The third-order valence-corrected chi connectivity index (χ3v) is 6.79. The fourth-order valence-corrected chi connectivity index (χ4v) is 4.77. The van der Waals surface area contributed by atoms with Crippen LogP contribution in [0, 0.1) is 0 Å². The third kappa shape index (κ3) is 7.15. The van der Waals surface area contributed by atoms with Crippen molar-refractivity contribution in [2.24, 2.45) is 5.73 Å². The zero-order valence-corrected chi connectivity index (χ0v) is 23.4. The number of benzene rings is 2. The van der Waals surface area contributed by atoms with Gasteiger partial charge in [-0.3, -0.25) is 14.4 Å². The Morgan fingerprint density at radius 1 is 1.13 bits per heavy atom. The zero-order valence-electron chi connectivity index (χ0n) is 22.6. The lowest BCUT2D eigenvalue weighted by Crippen LogP contribution is -2.35. The number of hydrogen-bond donors (Lipinski definition) is 2. The summed E-state index contributed by atoms with van der Waals surface area (Å²) in [6, 6.07) is 12.6. The van der Waals surface area contributed by atoms with Gasteiger partial charge < -0.3 is 25.1 Å². The highest BCUT2D eigenvalue weighted by atomic mass is 35.5. The van der Waals surface area contributed by atoms with Gasteiger partial charge in [0, 0.05) is 47.1 Å². The molecule has 206 valence electrons. The van der Waals surface area contributed by atoms with E-state index in [9.17, 15) is 14.4 Å². The molecular formula is C30H34ClN3O5. The van der Waals surface area contributed by atoms with Crippen LogP contribution in [0.25, 0.3) is 11.1 Å². The summed E-state index contributed by atoms with van der Waals surface area (Å²) in [5.41, 5.74) is 8.86. The van der Waals surface area contributed by atoms with Crippen molar-refractivity contribution < 1.29 is 19.1 Å². The maximum Gasteiger partial charge on any atom is 0.251 e. The maximum absolute atomic E-state index is 13.6. The van der Waals surface area contributed by atoms with E-state index in [1.807, 2.05) is 45.9 Å². The van der Waals surface area contributed by atoms with Gasteiger partial charge in [0.1, 0.15) is 6.04 Å². The number of nitrogens with one attached hydrogen (secondary N) is 1. The van der Waals surface area contributed by atoms with Crippen molar-refractivity contribution in [1.82, 2.24) is 4.57 Å². The summed E-state index contributed by atoms with van der Waals surface area (Å²) in [7, 11) is 0. The Morgan fingerprint density at radius 3 is 2.49 bits per heavy atom. The van der Waals surface area contributed by atoms with Crippen molar-refractivity contribution in [3.8, 4) is 11.1 Å². The number of nitrogens with zero attached hydrogens (tertiary/aromatic N) is 1. The van der Waals surface area contributed by atoms with Crippen LogP contribution in [-0.2, 0) is 27.3 Å². The van der Waals surface area contributed by atoms with E-state index in [4.69, 9.17) is 26.8 Å². The predicted molar refractivity (Wildman–Crippen MR) is 152 cm³/mol. The van der Waals surface area contributed by atoms with Crippen LogP contribution in [0.1, 0.15) is 61.6 Å². The zero-order chi connectivity index (χ0) is 28.3. The van der Waals surface area contributed by atoms with Crippen LogP contribution >= 0.6 is 11.6 Å². The largest absolute Gasteiger partial charge is 0.376 e. The Hall–Kier alpha value is -3.46. The summed E-state index contributed by atoms with van der Waals surface area (Å²) in [4.78, 5) is 38.5. The second kappa shape index (κ2) is 11.7. The molecule has 0 saturated heterocycles. The molecule has 1 aliphatic rings. The van der Waals surface area contributed by atoms with Crippen molar-refractivity contribution in [3.63, 3.8) is 0 Å². The highest BCUT2D eigenvalue weighted by Gasteiger charge is 2.26. The number of rotatable bonds is 7. The minimum atomic E-state index is -0.859. The summed E-state index contributed by atoms with van der Waals surface area (Å²) in [5, 5.41) is 3.44. The van der Waals surface area contributed by atoms with Crippen LogP contribution in [-0.4, -0.2) is 34.7 Å². The Bertz CT molecular complexity index is 1430. The summed E-state index contributed by atoms with van der Waals surface area (Å²) < 4.78 is 13.4. The molecule has 2 heterocycles. The molecule has 3 N–H and O–H groups in total. The Labute approximate surface area is 233 Å². The molecule has 0 unspecified atom stereocenters. The van der Waals surface area contributed by atoms with Gasteiger partial charge in [-0.2, -0.15) is 0 Å². The van der Waals surface area contributed by atoms with E-state index < -0.39 is 17.6 Å². The Kier molecular flexibility index (Phi) is 8.59. The van der Waals surface area contributed by atoms with E-state index in [1.165, 1.54) is 16.7 Å². The molecular weight excluding hydrogens is 518 g/mol. The average Bonchev–Trinajstić information content (AvgIpc) is 2.86. The fourth-order valence-electron chi connectivity index (χ4n) is 4.60. The molecule has 1 aliphatic heterocycles. The first-order valence-electron chi connectivity index (χ1n) is 12.9. The van der Waals surface area contributed by atoms with Gasteiger partial charge in [-0.15, -0.1) is 0 Å². The molecule has 9 heteroatoms. The summed E-state index contributed by atoms with van der Waals surface area (Å²) in [5.74, 6) is -0.943. The van der Waals surface area contributed by atoms with Gasteiger partial charge in [-0.1, -0.05) is 17.7 Å². The Morgan fingerprint density at radius 2 is 1.82 bits per heavy atom. The summed E-state index contributed by atoms with van der Waals surface area (Å²) in [6.07, 6.45) is 2.62. The van der Waals surface area contributed by atoms with Gasteiger partial charge in [0.2, 0.25) is 11.8 Å². The van der Waals surface area contributed by atoms with Crippen molar-refractivity contribution in [3.05, 3.63) is 86.8 Å². The van der Waals surface area contributed by atoms with Gasteiger partial charge in [-0.05, 0) is 87.2 Å².